The van der Waals surface area contributed by atoms with Gasteiger partial charge in [0.1, 0.15) is 0 Å². The van der Waals surface area contributed by atoms with Crippen LogP contribution in [-0.2, 0) is 13.6 Å². The van der Waals surface area contributed by atoms with Crippen LogP contribution in [0.15, 0.2) is 38.3 Å². The van der Waals surface area contributed by atoms with Gasteiger partial charge in [-0.3, -0.25) is 18.9 Å². The smallest absolute Gasteiger partial charge is 0.329 e. The van der Waals surface area contributed by atoms with Crippen molar-refractivity contribution in [3.63, 3.8) is 0 Å². The topological polar surface area (TPSA) is 80.4 Å². The first-order valence-electron chi connectivity index (χ1n) is 10.5. The Labute approximate surface area is 183 Å². The second-order valence-corrected chi connectivity index (χ2v) is 8.87. The minimum absolute atomic E-state index is 0.392. The molecule has 0 aliphatic carbocycles. The second-order valence-electron chi connectivity index (χ2n) is 7.96. The van der Waals surface area contributed by atoms with Gasteiger partial charge in [0, 0.05) is 11.5 Å². The maximum Gasteiger partial charge on any atom is 0.329 e. The van der Waals surface area contributed by atoms with Gasteiger partial charge in [-0.25, -0.2) is 4.79 Å². The van der Waals surface area contributed by atoms with E-state index in [0.29, 0.717) is 17.7 Å². The first kappa shape index (κ1) is 20.9. The van der Waals surface area contributed by atoms with Crippen molar-refractivity contribution in [2.45, 2.75) is 26.3 Å². The maximum atomic E-state index is 12.7. The summed E-state index contributed by atoms with van der Waals surface area (Å²) < 4.78 is 4.38. The molecule has 0 bridgehead atoms. The molecule has 30 heavy (non-hydrogen) atoms. The van der Waals surface area contributed by atoms with E-state index in [-0.39, 0.29) is 0 Å². The van der Waals surface area contributed by atoms with E-state index in [9.17, 15) is 9.59 Å². The highest BCUT2D eigenvalue weighted by molar-refractivity contribution is 9.10. The van der Waals surface area contributed by atoms with Gasteiger partial charge in [0.05, 0.1) is 39.3 Å². The van der Waals surface area contributed by atoms with E-state index in [1.807, 2.05) is 28.8 Å². The van der Waals surface area contributed by atoms with Crippen molar-refractivity contribution in [3.05, 3.63) is 55.1 Å². The molecule has 1 aromatic carbocycles. The lowest BCUT2D eigenvalue weighted by Crippen LogP contribution is -3.14. The zero-order valence-electron chi connectivity index (χ0n) is 17.4. The van der Waals surface area contributed by atoms with E-state index in [0.717, 1.165) is 42.2 Å². The van der Waals surface area contributed by atoms with E-state index in [2.05, 4.69) is 32.7 Å². The number of hydrogen-bond acceptors (Lipinski definition) is 4. The van der Waals surface area contributed by atoms with E-state index in [1.165, 1.54) is 24.0 Å². The lowest BCUT2D eigenvalue weighted by molar-refractivity contribution is -0.900. The highest BCUT2D eigenvalue weighted by Gasteiger charge is 2.26. The first-order chi connectivity index (χ1) is 14.5. The molecule has 2 aromatic heterocycles. The Kier molecular flexibility index (Phi) is 6.10. The fraction of sp³-hybridized carbons (Fsp3) is 0.476. The number of aromatic amines is 1. The number of unbranched alkanes of at least 4 members (excludes halogenated alkanes) is 1. The summed E-state index contributed by atoms with van der Waals surface area (Å²) in [6, 6.07) is 8.04. The third-order valence-corrected chi connectivity index (χ3v) is 6.41. The van der Waals surface area contributed by atoms with Crippen LogP contribution in [0, 0.1) is 0 Å². The molecule has 0 radical (unpaired) electrons. The normalized spacial score (nSPS) is 15.2. The number of benzene rings is 1. The number of aryl methyl sites for hydroxylation is 1. The third kappa shape index (κ3) is 4.09. The van der Waals surface area contributed by atoms with E-state index >= 15 is 0 Å². The minimum Gasteiger partial charge on any atom is -0.332 e. The number of hydrogen-bond donors (Lipinski definition) is 2. The van der Waals surface area contributed by atoms with Crippen molar-refractivity contribution in [2.75, 3.05) is 37.6 Å². The predicted octanol–water partition coefficient (Wildman–Crippen LogP) is 0.739. The summed E-state index contributed by atoms with van der Waals surface area (Å²) in [5.41, 5.74) is 1.10. The zero-order valence-corrected chi connectivity index (χ0v) is 19.0. The molecule has 2 N–H and O–H groups in total. The molecule has 3 aromatic rings. The lowest BCUT2D eigenvalue weighted by Gasteiger charge is -2.33. The fourth-order valence-electron chi connectivity index (χ4n) is 4.09. The Bertz CT molecular complexity index is 1140. The van der Waals surface area contributed by atoms with Crippen molar-refractivity contribution in [1.82, 2.24) is 19.1 Å². The van der Waals surface area contributed by atoms with Crippen LogP contribution >= 0.6 is 15.9 Å². The van der Waals surface area contributed by atoms with Gasteiger partial charge in [-0.1, -0.05) is 41.4 Å². The Morgan fingerprint density at radius 1 is 1.17 bits per heavy atom. The number of nitrogens with zero attached hydrogens (tertiary/aromatic N) is 4. The average Bonchev–Trinajstić information content (AvgIpc) is 3.12. The highest BCUT2D eigenvalue weighted by atomic mass is 79.9. The molecule has 0 unspecified atom stereocenters. The van der Waals surface area contributed by atoms with Crippen molar-refractivity contribution < 1.29 is 4.90 Å². The van der Waals surface area contributed by atoms with Crippen molar-refractivity contribution in [1.29, 1.82) is 0 Å². The number of nitrogens with one attached hydrogen (secondary N) is 2. The zero-order chi connectivity index (χ0) is 21.3. The molecular weight excluding hydrogens is 448 g/mol. The van der Waals surface area contributed by atoms with Crippen molar-refractivity contribution >= 4 is 33.0 Å². The number of aromatic nitrogens is 4. The largest absolute Gasteiger partial charge is 0.332 e. The summed E-state index contributed by atoms with van der Waals surface area (Å²) in [4.78, 5) is 35.9. The summed E-state index contributed by atoms with van der Waals surface area (Å²) in [6.45, 7) is 7.82. The maximum absolute atomic E-state index is 12.7. The first-order valence-corrected chi connectivity index (χ1v) is 11.3. The Morgan fingerprint density at radius 3 is 2.53 bits per heavy atom. The molecule has 0 saturated carbocycles. The lowest BCUT2D eigenvalue weighted by atomic mass is 10.2. The van der Waals surface area contributed by atoms with Gasteiger partial charge >= 0.3 is 5.69 Å². The number of halogens is 1. The van der Waals surface area contributed by atoms with Gasteiger partial charge in [0.25, 0.3) is 5.56 Å². The Hall–Kier alpha value is -2.39. The van der Waals surface area contributed by atoms with Gasteiger partial charge in [-0.05, 0) is 24.1 Å². The molecule has 8 nitrogen and oxygen atoms in total. The van der Waals surface area contributed by atoms with Gasteiger partial charge in [0.2, 0.25) is 5.95 Å². The number of piperazine rings is 1. The second kappa shape index (κ2) is 8.77. The van der Waals surface area contributed by atoms with Gasteiger partial charge < -0.3 is 9.80 Å². The minimum atomic E-state index is -0.443. The van der Waals surface area contributed by atoms with Gasteiger partial charge in [-0.2, -0.15) is 4.98 Å². The molecular formula is C21H28BrN6O2+. The van der Waals surface area contributed by atoms with Crippen LogP contribution in [0.1, 0.15) is 25.3 Å². The number of anilines is 1. The quantitative estimate of drug-likeness (QED) is 0.550. The summed E-state index contributed by atoms with van der Waals surface area (Å²) in [5.74, 6) is 0.758. The van der Waals surface area contributed by atoms with Gasteiger partial charge in [0.15, 0.2) is 11.2 Å². The molecule has 0 amide bonds. The summed E-state index contributed by atoms with van der Waals surface area (Å²) in [5, 5.41) is 0. The molecule has 1 saturated heterocycles. The van der Waals surface area contributed by atoms with Crippen LogP contribution in [0.25, 0.3) is 11.2 Å². The monoisotopic (exact) mass is 475 g/mol. The van der Waals surface area contributed by atoms with Crippen molar-refractivity contribution in [2.24, 2.45) is 7.05 Å². The molecule has 1 aliphatic heterocycles. The van der Waals surface area contributed by atoms with Crippen molar-refractivity contribution in [3.8, 4) is 0 Å². The SMILES string of the molecule is CCCC[NH+]1CCN(c2nc3c(c(=O)[nH]c(=O)n3C)n2Cc2ccc(Br)cc2)CC1. The fourth-order valence-corrected chi connectivity index (χ4v) is 4.35. The van der Waals surface area contributed by atoms with E-state index in [1.54, 1.807) is 11.9 Å². The number of H-pyrrole nitrogens is 1. The van der Waals surface area contributed by atoms with E-state index in [4.69, 9.17) is 4.98 Å². The highest BCUT2D eigenvalue weighted by Crippen LogP contribution is 2.22. The third-order valence-electron chi connectivity index (χ3n) is 5.88. The van der Waals surface area contributed by atoms with Crippen LogP contribution in [0.5, 0.6) is 0 Å². The summed E-state index contributed by atoms with van der Waals surface area (Å²) >= 11 is 3.47. The number of imidazole rings is 1. The molecule has 4 rings (SSSR count). The van der Waals surface area contributed by atoms with Crippen LogP contribution in [0.3, 0.4) is 0 Å². The molecule has 0 atom stereocenters. The molecule has 160 valence electrons. The summed E-state index contributed by atoms with van der Waals surface area (Å²) in [6.07, 6.45) is 2.46. The van der Waals surface area contributed by atoms with Crippen LogP contribution in [-0.4, -0.2) is 51.8 Å². The number of rotatable bonds is 6. The Morgan fingerprint density at radius 2 is 1.87 bits per heavy atom. The number of quaternary nitrogens is 1. The predicted molar refractivity (Wildman–Crippen MR) is 122 cm³/mol. The average molecular weight is 476 g/mol. The Balaban J connectivity index is 1.74. The standard InChI is InChI=1S/C21H27BrN6O2/c1-3-4-9-26-10-12-27(13-11-26)20-23-18-17(19(29)24-21(30)25(18)2)28(20)14-15-5-7-16(22)8-6-15/h5-8H,3-4,9-14H2,1-2H3,(H,24,29,30)/p+1. The number of fused-ring (bicyclic) bond motifs is 1. The molecule has 0 spiro atoms. The van der Waals surface area contributed by atoms with Crippen LogP contribution in [0.4, 0.5) is 5.95 Å². The molecule has 3 heterocycles. The van der Waals surface area contributed by atoms with Crippen LogP contribution < -0.4 is 21.0 Å². The molecule has 9 heteroatoms. The van der Waals surface area contributed by atoms with Gasteiger partial charge in [-0.15, -0.1) is 0 Å². The summed E-state index contributed by atoms with van der Waals surface area (Å²) in [7, 11) is 1.65. The van der Waals surface area contributed by atoms with E-state index < -0.39 is 11.2 Å². The molecule has 1 aliphatic rings. The molecule has 1 fully saturated rings. The van der Waals surface area contributed by atoms with Crippen LogP contribution in [0.2, 0.25) is 0 Å².